The van der Waals surface area contributed by atoms with E-state index in [9.17, 15) is 0 Å². The molecule has 1 atom stereocenters. The van der Waals surface area contributed by atoms with E-state index in [0.29, 0.717) is 0 Å². The van der Waals surface area contributed by atoms with Gasteiger partial charge < -0.3 is 4.74 Å². The van der Waals surface area contributed by atoms with Crippen molar-refractivity contribution in [1.29, 1.82) is 0 Å². The first-order valence-corrected chi connectivity index (χ1v) is 6.12. The average Bonchev–Trinajstić information content (AvgIpc) is 2.64. The number of nitrogens with zero attached hydrogens (tertiary/aromatic N) is 2. The third-order valence-corrected chi connectivity index (χ3v) is 3.83. The molecular weight excluding hydrogens is 188 g/mol. The fraction of sp³-hybridized carbons (Fsp3) is 1.00. The second kappa shape index (κ2) is 4.40. The lowest BCUT2D eigenvalue weighted by molar-refractivity contribution is -0.0231. The van der Waals surface area contributed by atoms with Crippen LogP contribution in [0.25, 0.3) is 0 Å². The highest BCUT2D eigenvalue weighted by molar-refractivity contribution is 4.88. The van der Waals surface area contributed by atoms with E-state index in [-0.39, 0.29) is 5.60 Å². The molecule has 2 fully saturated rings. The SMILES string of the molecule is COC(C)(C)CN1CCN2CCCC2C1. The van der Waals surface area contributed by atoms with Crippen molar-refractivity contribution < 1.29 is 4.74 Å². The van der Waals surface area contributed by atoms with Crippen LogP contribution >= 0.6 is 0 Å². The van der Waals surface area contributed by atoms with Gasteiger partial charge in [0, 0.05) is 39.3 Å². The van der Waals surface area contributed by atoms with Crippen molar-refractivity contribution in [2.75, 3.05) is 39.8 Å². The summed E-state index contributed by atoms with van der Waals surface area (Å²) >= 11 is 0. The van der Waals surface area contributed by atoms with E-state index < -0.39 is 0 Å². The van der Waals surface area contributed by atoms with Crippen LogP contribution in [0.3, 0.4) is 0 Å². The molecule has 1 unspecified atom stereocenters. The molecule has 0 aromatic carbocycles. The highest BCUT2D eigenvalue weighted by Gasteiger charge is 2.32. The van der Waals surface area contributed by atoms with Crippen LogP contribution in [0.2, 0.25) is 0 Å². The normalized spacial score (nSPS) is 29.4. The standard InChI is InChI=1S/C12H24N2O/c1-12(2,15-3)10-13-7-8-14-6-4-5-11(14)9-13/h11H,4-10H2,1-3H3. The Morgan fingerprint density at radius 2 is 2.07 bits per heavy atom. The Morgan fingerprint density at radius 1 is 1.27 bits per heavy atom. The minimum atomic E-state index is 0.000768. The molecule has 0 amide bonds. The zero-order valence-electron chi connectivity index (χ0n) is 10.3. The summed E-state index contributed by atoms with van der Waals surface area (Å²) in [6.45, 7) is 10.4. The van der Waals surface area contributed by atoms with Crippen LogP contribution in [0.15, 0.2) is 0 Å². The van der Waals surface area contributed by atoms with Crippen molar-refractivity contribution in [3.8, 4) is 0 Å². The molecule has 0 saturated carbocycles. The molecule has 88 valence electrons. The molecule has 2 aliphatic heterocycles. The summed E-state index contributed by atoms with van der Waals surface area (Å²) in [6.07, 6.45) is 2.79. The molecule has 2 saturated heterocycles. The van der Waals surface area contributed by atoms with Gasteiger partial charge in [-0.25, -0.2) is 0 Å². The molecule has 0 bridgehead atoms. The molecule has 0 N–H and O–H groups in total. The maximum absolute atomic E-state index is 5.50. The summed E-state index contributed by atoms with van der Waals surface area (Å²) in [7, 11) is 1.81. The van der Waals surface area contributed by atoms with E-state index in [1.807, 2.05) is 7.11 Å². The van der Waals surface area contributed by atoms with Crippen LogP contribution < -0.4 is 0 Å². The Bertz CT molecular complexity index is 218. The van der Waals surface area contributed by atoms with Gasteiger partial charge in [-0.05, 0) is 33.2 Å². The molecule has 0 aliphatic carbocycles. The van der Waals surface area contributed by atoms with Gasteiger partial charge >= 0.3 is 0 Å². The van der Waals surface area contributed by atoms with E-state index in [2.05, 4.69) is 23.6 Å². The van der Waals surface area contributed by atoms with Crippen LogP contribution in [0.1, 0.15) is 26.7 Å². The Balaban J connectivity index is 1.85. The second-order valence-corrected chi connectivity index (χ2v) is 5.53. The Hall–Kier alpha value is -0.120. The number of piperazine rings is 1. The van der Waals surface area contributed by atoms with Crippen molar-refractivity contribution in [2.45, 2.75) is 38.3 Å². The van der Waals surface area contributed by atoms with Gasteiger partial charge in [0.15, 0.2) is 0 Å². The lowest BCUT2D eigenvalue weighted by atomic mass is 10.1. The maximum atomic E-state index is 5.50. The topological polar surface area (TPSA) is 15.7 Å². The van der Waals surface area contributed by atoms with E-state index in [0.717, 1.165) is 12.6 Å². The summed E-state index contributed by atoms with van der Waals surface area (Å²) < 4.78 is 5.50. The zero-order valence-corrected chi connectivity index (χ0v) is 10.3. The highest BCUT2D eigenvalue weighted by Crippen LogP contribution is 2.22. The molecule has 2 aliphatic rings. The molecule has 15 heavy (non-hydrogen) atoms. The quantitative estimate of drug-likeness (QED) is 0.699. The predicted octanol–water partition coefficient (Wildman–Crippen LogP) is 1.19. The second-order valence-electron chi connectivity index (χ2n) is 5.53. The Labute approximate surface area is 93.4 Å². The van der Waals surface area contributed by atoms with Crippen molar-refractivity contribution in [3.05, 3.63) is 0 Å². The van der Waals surface area contributed by atoms with Gasteiger partial charge in [0.25, 0.3) is 0 Å². The minimum absolute atomic E-state index is 0.000768. The highest BCUT2D eigenvalue weighted by atomic mass is 16.5. The lowest BCUT2D eigenvalue weighted by Gasteiger charge is -2.40. The number of fused-ring (bicyclic) bond motifs is 1. The molecule has 2 heterocycles. The average molecular weight is 212 g/mol. The number of hydrogen-bond acceptors (Lipinski definition) is 3. The zero-order chi connectivity index (χ0) is 10.9. The summed E-state index contributed by atoms with van der Waals surface area (Å²) in [6, 6.07) is 0.825. The minimum Gasteiger partial charge on any atom is -0.377 e. The van der Waals surface area contributed by atoms with Gasteiger partial charge in [-0.2, -0.15) is 0 Å². The summed E-state index contributed by atoms with van der Waals surface area (Å²) in [5.74, 6) is 0. The van der Waals surface area contributed by atoms with Crippen molar-refractivity contribution in [3.63, 3.8) is 0 Å². The molecule has 3 nitrogen and oxygen atoms in total. The van der Waals surface area contributed by atoms with Gasteiger partial charge in [0.2, 0.25) is 0 Å². The Kier molecular flexibility index (Phi) is 3.33. The summed E-state index contributed by atoms with van der Waals surface area (Å²) in [4.78, 5) is 5.21. The fourth-order valence-corrected chi connectivity index (χ4v) is 2.80. The van der Waals surface area contributed by atoms with Gasteiger partial charge in [-0.3, -0.25) is 9.80 Å². The maximum Gasteiger partial charge on any atom is 0.0749 e. The summed E-state index contributed by atoms with van der Waals surface area (Å²) in [5.41, 5.74) is 0.000768. The number of hydrogen-bond donors (Lipinski definition) is 0. The number of methoxy groups -OCH3 is 1. The van der Waals surface area contributed by atoms with E-state index >= 15 is 0 Å². The Morgan fingerprint density at radius 3 is 2.80 bits per heavy atom. The summed E-state index contributed by atoms with van der Waals surface area (Å²) in [5, 5.41) is 0. The number of ether oxygens (including phenoxy) is 1. The van der Waals surface area contributed by atoms with Gasteiger partial charge in [-0.1, -0.05) is 0 Å². The van der Waals surface area contributed by atoms with E-state index in [1.54, 1.807) is 0 Å². The van der Waals surface area contributed by atoms with Crippen molar-refractivity contribution in [1.82, 2.24) is 9.80 Å². The molecular formula is C12H24N2O. The van der Waals surface area contributed by atoms with Gasteiger partial charge in [0.05, 0.1) is 5.60 Å². The molecule has 0 aromatic heterocycles. The van der Waals surface area contributed by atoms with Gasteiger partial charge in [0.1, 0.15) is 0 Å². The van der Waals surface area contributed by atoms with Crippen molar-refractivity contribution >= 4 is 0 Å². The van der Waals surface area contributed by atoms with Crippen molar-refractivity contribution in [2.24, 2.45) is 0 Å². The lowest BCUT2D eigenvalue weighted by Crippen LogP contribution is -2.53. The third-order valence-electron chi connectivity index (χ3n) is 3.83. The fourth-order valence-electron chi connectivity index (χ4n) is 2.80. The first-order valence-electron chi connectivity index (χ1n) is 6.12. The number of rotatable bonds is 3. The van der Waals surface area contributed by atoms with Crippen LogP contribution in [-0.2, 0) is 4.74 Å². The predicted molar refractivity (Wildman–Crippen MR) is 62.1 cm³/mol. The van der Waals surface area contributed by atoms with Crippen LogP contribution in [0.4, 0.5) is 0 Å². The van der Waals surface area contributed by atoms with Gasteiger partial charge in [-0.15, -0.1) is 0 Å². The first kappa shape index (κ1) is 11.4. The molecule has 0 radical (unpaired) electrons. The van der Waals surface area contributed by atoms with E-state index in [1.165, 1.54) is 39.0 Å². The van der Waals surface area contributed by atoms with Crippen LogP contribution in [0.5, 0.6) is 0 Å². The largest absolute Gasteiger partial charge is 0.377 e. The smallest absolute Gasteiger partial charge is 0.0749 e. The van der Waals surface area contributed by atoms with Crippen LogP contribution in [0, 0.1) is 0 Å². The van der Waals surface area contributed by atoms with Crippen LogP contribution in [-0.4, -0.2) is 61.3 Å². The first-order chi connectivity index (χ1) is 7.11. The molecule has 2 rings (SSSR count). The molecule has 0 aromatic rings. The molecule has 0 spiro atoms. The molecule has 3 heteroatoms. The third kappa shape index (κ3) is 2.71. The van der Waals surface area contributed by atoms with E-state index in [4.69, 9.17) is 4.74 Å². The monoisotopic (exact) mass is 212 g/mol.